The van der Waals surface area contributed by atoms with Gasteiger partial charge in [0.05, 0.1) is 19.7 Å². The number of para-hydroxylation sites is 1. The zero-order chi connectivity index (χ0) is 21.1. The maximum Gasteiger partial charge on any atom is 0.387 e. The number of benzene rings is 1. The number of guanidine groups is 1. The zero-order valence-corrected chi connectivity index (χ0v) is 17.1. The molecular formula is C19H30F2N4O3. The smallest absolute Gasteiger partial charge is 0.387 e. The molecule has 1 aromatic rings. The zero-order valence-electron chi connectivity index (χ0n) is 17.1. The maximum absolute atomic E-state index is 12.8. The van der Waals surface area contributed by atoms with Gasteiger partial charge in [-0.1, -0.05) is 19.1 Å². The number of alkyl halides is 2. The monoisotopic (exact) mass is 400 g/mol. The number of amides is 1. The van der Waals surface area contributed by atoms with Gasteiger partial charge in [-0.3, -0.25) is 4.79 Å². The first kappa shape index (κ1) is 23.5. The molecule has 1 aromatic carbocycles. The molecule has 0 aliphatic rings. The molecule has 28 heavy (non-hydrogen) atoms. The lowest BCUT2D eigenvalue weighted by atomic mass is 10.2. The minimum atomic E-state index is -2.97. The Balaban J connectivity index is 3.05. The minimum absolute atomic E-state index is 0.0321. The highest BCUT2D eigenvalue weighted by Gasteiger charge is 2.16. The Hall–Kier alpha value is -2.58. The number of carbonyl (C=O) groups excluding carboxylic acids is 1. The van der Waals surface area contributed by atoms with E-state index in [-0.39, 0.29) is 36.5 Å². The van der Waals surface area contributed by atoms with Crippen molar-refractivity contribution in [3.63, 3.8) is 0 Å². The number of ether oxygens (including phenoxy) is 2. The molecule has 9 heteroatoms. The number of nitrogens with one attached hydrogen (secondary N) is 2. The molecule has 0 spiro atoms. The second-order valence-corrected chi connectivity index (χ2v) is 6.32. The van der Waals surface area contributed by atoms with Gasteiger partial charge in [-0.05, 0) is 26.3 Å². The lowest BCUT2D eigenvalue weighted by Crippen LogP contribution is -2.45. The van der Waals surface area contributed by atoms with Crippen molar-refractivity contribution in [3.05, 3.63) is 23.8 Å². The number of aliphatic imine (C=N–C) groups is 1. The van der Waals surface area contributed by atoms with Crippen LogP contribution in [0.4, 0.5) is 8.78 Å². The van der Waals surface area contributed by atoms with E-state index in [2.05, 4.69) is 20.4 Å². The second-order valence-electron chi connectivity index (χ2n) is 6.32. The average Bonchev–Trinajstić information content (AvgIpc) is 2.65. The van der Waals surface area contributed by atoms with Crippen LogP contribution in [-0.4, -0.2) is 56.7 Å². The Morgan fingerprint density at radius 2 is 2.00 bits per heavy atom. The van der Waals surface area contributed by atoms with Crippen molar-refractivity contribution in [2.45, 2.75) is 46.4 Å². The molecule has 7 nitrogen and oxygen atoms in total. The van der Waals surface area contributed by atoms with Crippen LogP contribution in [0.25, 0.3) is 0 Å². The fraction of sp³-hybridized carbons (Fsp3) is 0.579. The van der Waals surface area contributed by atoms with Crippen molar-refractivity contribution in [1.29, 1.82) is 0 Å². The quantitative estimate of drug-likeness (QED) is 0.467. The molecule has 0 aromatic heterocycles. The molecule has 0 saturated carbocycles. The molecule has 1 atom stereocenters. The Labute approximate surface area is 165 Å². The van der Waals surface area contributed by atoms with Gasteiger partial charge in [0.15, 0.2) is 17.5 Å². The summed E-state index contributed by atoms with van der Waals surface area (Å²) in [6.07, 6.45) is 0.849. The lowest BCUT2D eigenvalue weighted by Gasteiger charge is -2.19. The molecule has 158 valence electrons. The van der Waals surface area contributed by atoms with Gasteiger partial charge >= 0.3 is 6.61 Å². The van der Waals surface area contributed by atoms with Gasteiger partial charge in [0.25, 0.3) is 0 Å². The van der Waals surface area contributed by atoms with Crippen molar-refractivity contribution in [1.82, 2.24) is 15.5 Å². The van der Waals surface area contributed by atoms with Crippen LogP contribution in [0.3, 0.4) is 0 Å². The van der Waals surface area contributed by atoms with Crippen molar-refractivity contribution >= 4 is 11.9 Å². The van der Waals surface area contributed by atoms with E-state index in [9.17, 15) is 13.6 Å². The molecule has 0 radical (unpaired) electrons. The van der Waals surface area contributed by atoms with Crippen LogP contribution in [0.5, 0.6) is 11.5 Å². The van der Waals surface area contributed by atoms with Gasteiger partial charge in [0.1, 0.15) is 0 Å². The SMILES string of the molecule is CCOc1cccc(CN=C(NCC(=O)N(C)C)NC(C)CC)c1OC(F)F. The van der Waals surface area contributed by atoms with Crippen LogP contribution in [0, 0.1) is 0 Å². The first-order chi connectivity index (χ1) is 13.3. The highest BCUT2D eigenvalue weighted by Crippen LogP contribution is 2.33. The Morgan fingerprint density at radius 3 is 2.57 bits per heavy atom. The molecule has 0 fully saturated rings. The van der Waals surface area contributed by atoms with Crippen molar-refractivity contribution in [2.75, 3.05) is 27.2 Å². The van der Waals surface area contributed by atoms with E-state index in [0.717, 1.165) is 6.42 Å². The second kappa shape index (κ2) is 12.0. The van der Waals surface area contributed by atoms with Crippen LogP contribution in [0.2, 0.25) is 0 Å². The molecular weight excluding hydrogens is 370 g/mol. The van der Waals surface area contributed by atoms with Crippen LogP contribution in [0.1, 0.15) is 32.8 Å². The summed E-state index contributed by atoms with van der Waals surface area (Å²) in [7, 11) is 3.33. The molecule has 1 rings (SSSR count). The van der Waals surface area contributed by atoms with E-state index < -0.39 is 6.61 Å². The summed E-state index contributed by atoms with van der Waals surface area (Å²) < 4.78 is 35.7. The maximum atomic E-state index is 12.8. The molecule has 0 saturated heterocycles. The lowest BCUT2D eigenvalue weighted by molar-refractivity contribution is -0.127. The van der Waals surface area contributed by atoms with Gasteiger partial charge in [-0.2, -0.15) is 8.78 Å². The number of likely N-dealkylation sites (N-methyl/N-ethyl adjacent to an activating group) is 1. The molecule has 1 amide bonds. The fourth-order valence-electron chi connectivity index (χ4n) is 2.15. The Kier molecular flexibility index (Phi) is 10.0. The van der Waals surface area contributed by atoms with E-state index >= 15 is 0 Å². The summed E-state index contributed by atoms with van der Waals surface area (Å²) in [5.74, 6) is 0.506. The normalized spacial score (nSPS) is 12.5. The minimum Gasteiger partial charge on any atom is -0.490 e. The summed E-state index contributed by atoms with van der Waals surface area (Å²) in [6, 6.07) is 5.03. The van der Waals surface area contributed by atoms with Crippen molar-refractivity contribution in [3.8, 4) is 11.5 Å². The van der Waals surface area contributed by atoms with E-state index in [0.29, 0.717) is 18.1 Å². The summed E-state index contributed by atoms with van der Waals surface area (Å²) in [4.78, 5) is 17.7. The van der Waals surface area contributed by atoms with Crippen molar-refractivity contribution in [2.24, 2.45) is 4.99 Å². The van der Waals surface area contributed by atoms with Crippen LogP contribution < -0.4 is 20.1 Å². The average molecular weight is 400 g/mol. The van der Waals surface area contributed by atoms with E-state index in [1.165, 1.54) is 4.90 Å². The number of carbonyl (C=O) groups is 1. The summed E-state index contributed by atoms with van der Waals surface area (Å²) in [5, 5.41) is 6.14. The molecule has 0 heterocycles. The molecule has 2 N–H and O–H groups in total. The third kappa shape index (κ3) is 7.98. The number of nitrogens with zero attached hydrogens (tertiary/aromatic N) is 2. The van der Waals surface area contributed by atoms with Gasteiger partial charge in [-0.15, -0.1) is 0 Å². The Morgan fingerprint density at radius 1 is 1.29 bits per heavy atom. The summed E-state index contributed by atoms with van der Waals surface area (Å²) in [6.45, 7) is 3.24. The standard InChI is InChI=1S/C19H30F2N4O3/c1-6-13(3)24-19(23-12-16(26)25(4)5)22-11-14-9-8-10-15(27-7-2)17(14)28-18(20)21/h8-10,13,18H,6-7,11-12H2,1-5H3,(H2,22,23,24). The van der Waals surface area contributed by atoms with Crippen molar-refractivity contribution < 1.29 is 23.0 Å². The third-order valence-corrected chi connectivity index (χ3v) is 3.88. The highest BCUT2D eigenvalue weighted by atomic mass is 19.3. The predicted octanol–water partition coefficient (Wildman–Crippen LogP) is 2.61. The fourth-order valence-corrected chi connectivity index (χ4v) is 2.15. The summed E-state index contributed by atoms with van der Waals surface area (Å²) in [5.41, 5.74) is 0.454. The Bertz CT molecular complexity index is 654. The highest BCUT2D eigenvalue weighted by molar-refractivity contribution is 5.86. The number of hydrogen-bond acceptors (Lipinski definition) is 4. The van der Waals surface area contributed by atoms with Gasteiger partial charge in [0, 0.05) is 25.7 Å². The third-order valence-electron chi connectivity index (χ3n) is 3.88. The van der Waals surface area contributed by atoms with Gasteiger partial charge in [0.2, 0.25) is 5.91 Å². The van der Waals surface area contributed by atoms with Crippen LogP contribution in [-0.2, 0) is 11.3 Å². The largest absolute Gasteiger partial charge is 0.490 e. The predicted molar refractivity (Wildman–Crippen MR) is 105 cm³/mol. The van der Waals surface area contributed by atoms with Crippen LogP contribution >= 0.6 is 0 Å². The summed E-state index contributed by atoms with van der Waals surface area (Å²) >= 11 is 0. The van der Waals surface area contributed by atoms with Gasteiger partial charge in [-0.25, -0.2) is 4.99 Å². The van der Waals surface area contributed by atoms with E-state index in [4.69, 9.17) is 4.74 Å². The number of rotatable bonds is 10. The molecule has 0 bridgehead atoms. The van der Waals surface area contributed by atoms with Crippen LogP contribution in [0.15, 0.2) is 23.2 Å². The van der Waals surface area contributed by atoms with Gasteiger partial charge < -0.3 is 25.0 Å². The first-order valence-corrected chi connectivity index (χ1v) is 9.22. The molecule has 0 aliphatic carbocycles. The molecule has 0 aliphatic heterocycles. The number of halogens is 2. The van der Waals surface area contributed by atoms with E-state index in [1.807, 2.05) is 13.8 Å². The number of hydrogen-bond donors (Lipinski definition) is 2. The van der Waals surface area contributed by atoms with E-state index in [1.54, 1.807) is 39.2 Å². The molecule has 1 unspecified atom stereocenters. The first-order valence-electron chi connectivity index (χ1n) is 9.22. The topological polar surface area (TPSA) is 75.2 Å².